The Bertz CT molecular complexity index is 805. The van der Waals surface area contributed by atoms with Crippen LogP contribution >= 0.6 is 0 Å². The molecule has 1 fully saturated rings. The van der Waals surface area contributed by atoms with Crippen molar-refractivity contribution in [3.8, 4) is 0 Å². The van der Waals surface area contributed by atoms with Crippen LogP contribution in [0, 0.1) is 0 Å². The van der Waals surface area contributed by atoms with Gasteiger partial charge in [0.2, 0.25) is 0 Å². The topological polar surface area (TPSA) is 67.9 Å². The van der Waals surface area contributed by atoms with Crippen LogP contribution in [0.4, 0.5) is 13.6 Å². The predicted molar refractivity (Wildman–Crippen MR) is 117 cm³/mol. The van der Waals surface area contributed by atoms with Gasteiger partial charge < -0.3 is 9.47 Å². The Kier molecular flexibility index (Phi) is 7.87. The fourth-order valence-corrected chi connectivity index (χ4v) is 3.87. The second kappa shape index (κ2) is 9.50. The van der Waals surface area contributed by atoms with Crippen LogP contribution in [0.2, 0.25) is 0 Å². The normalized spacial score (nSPS) is 20.3. The standard InChI is InChI=1S/C22H34F2N2O4S/c1-15(25-31(28)21(5,6)7)16-9-8-10-17(13-16)22(23,24)18-14-29-12-11-26(18)19(27)30-20(2,3)4/h8-10,13,15,18,25H,11-12,14H2,1-7H3/t15-,18?,31-/m1/s1. The van der Waals surface area contributed by atoms with Crippen molar-refractivity contribution < 1.29 is 27.3 Å². The van der Waals surface area contributed by atoms with Gasteiger partial charge in [-0.25, -0.2) is 13.7 Å². The van der Waals surface area contributed by atoms with Crippen molar-refractivity contribution in [1.82, 2.24) is 9.62 Å². The second-order valence-electron chi connectivity index (χ2n) is 9.73. The van der Waals surface area contributed by atoms with Crippen molar-refractivity contribution in [3.63, 3.8) is 0 Å². The number of rotatable bonds is 5. The third kappa shape index (κ3) is 6.70. The summed E-state index contributed by atoms with van der Waals surface area (Å²) < 4.78 is 56.6. The highest BCUT2D eigenvalue weighted by atomic mass is 32.2. The molecule has 1 aliphatic rings. The molecule has 1 unspecified atom stereocenters. The molecule has 31 heavy (non-hydrogen) atoms. The monoisotopic (exact) mass is 460 g/mol. The molecule has 0 bridgehead atoms. The molecule has 0 aromatic heterocycles. The summed E-state index contributed by atoms with van der Waals surface area (Å²) in [7, 11) is -1.35. The van der Waals surface area contributed by atoms with Gasteiger partial charge in [0, 0.05) is 18.2 Å². The van der Waals surface area contributed by atoms with E-state index in [9.17, 15) is 9.00 Å². The summed E-state index contributed by atoms with van der Waals surface area (Å²) >= 11 is 0. The number of carbonyl (C=O) groups excluding carboxylic acids is 1. The van der Waals surface area contributed by atoms with E-state index in [1.165, 1.54) is 18.2 Å². The summed E-state index contributed by atoms with van der Waals surface area (Å²) in [5.74, 6) is -3.36. The molecule has 176 valence electrons. The molecular formula is C22H34F2N2O4S. The van der Waals surface area contributed by atoms with Gasteiger partial charge in [0.05, 0.1) is 28.9 Å². The van der Waals surface area contributed by atoms with Crippen LogP contribution in [0.5, 0.6) is 0 Å². The van der Waals surface area contributed by atoms with Gasteiger partial charge in [-0.1, -0.05) is 18.2 Å². The zero-order chi connectivity index (χ0) is 23.6. The number of carbonyl (C=O) groups is 1. The van der Waals surface area contributed by atoms with Crippen LogP contribution in [-0.4, -0.2) is 51.4 Å². The van der Waals surface area contributed by atoms with Gasteiger partial charge in [0.25, 0.3) is 5.92 Å². The lowest BCUT2D eigenvalue weighted by Gasteiger charge is -2.40. The number of morpholine rings is 1. The SMILES string of the molecule is C[C@@H](N[S@](=O)C(C)(C)C)c1cccc(C(F)(F)C2COCCN2C(=O)OC(C)(C)C)c1. The molecule has 0 saturated carbocycles. The van der Waals surface area contributed by atoms with E-state index in [1.807, 2.05) is 20.8 Å². The van der Waals surface area contributed by atoms with Crippen LogP contribution in [-0.2, 0) is 26.4 Å². The Labute approximate surface area is 186 Å². The minimum absolute atomic E-state index is 0.0252. The third-order valence-electron chi connectivity index (χ3n) is 4.79. The summed E-state index contributed by atoms with van der Waals surface area (Å²) in [6, 6.07) is 4.08. The van der Waals surface area contributed by atoms with Gasteiger partial charge in [-0.05, 0) is 60.1 Å². The second-order valence-corrected chi connectivity index (χ2v) is 11.7. The average Bonchev–Trinajstić information content (AvgIpc) is 2.66. The first-order chi connectivity index (χ1) is 14.1. The van der Waals surface area contributed by atoms with E-state index in [0.717, 1.165) is 4.90 Å². The number of hydrogen-bond acceptors (Lipinski definition) is 4. The maximum atomic E-state index is 15.6. The first-order valence-electron chi connectivity index (χ1n) is 10.4. The summed E-state index contributed by atoms with van der Waals surface area (Å²) in [4.78, 5) is 13.6. The highest BCUT2D eigenvalue weighted by molar-refractivity contribution is 7.84. The molecule has 9 heteroatoms. The maximum absolute atomic E-state index is 15.6. The molecule has 1 aliphatic heterocycles. The number of ether oxygens (including phenoxy) is 2. The fourth-order valence-electron chi connectivity index (χ4n) is 3.06. The van der Waals surface area contributed by atoms with Gasteiger partial charge >= 0.3 is 6.09 Å². The molecule has 1 heterocycles. The lowest BCUT2D eigenvalue weighted by Crippen LogP contribution is -2.56. The first kappa shape index (κ1) is 25.7. The quantitative estimate of drug-likeness (QED) is 0.701. The molecule has 0 aliphatic carbocycles. The van der Waals surface area contributed by atoms with Crippen LogP contribution in [0.15, 0.2) is 24.3 Å². The largest absolute Gasteiger partial charge is 0.444 e. The highest BCUT2D eigenvalue weighted by Gasteiger charge is 2.49. The Hall–Kier alpha value is -1.58. The number of nitrogens with one attached hydrogen (secondary N) is 1. The molecular weight excluding hydrogens is 426 g/mol. The van der Waals surface area contributed by atoms with Crippen molar-refractivity contribution >= 4 is 17.1 Å². The van der Waals surface area contributed by atoms with E-state index in [2.05, 4.69) is 4.72 Å². The minimum atomic E-state index is -3.36. The fraction of sp³-hybridized carbons (Fsp3) is 0.682. The van der Waals surface area contributed by atoms with Crippen molar-refractivity contribution in [2.75, 3.05) is 19.8 Å². The third-order valence-corrected chi connectivity index (χ3v) is 6.47. The van der Waals surface area contributed by atoms with E-state index in [-0.39, 0.29) is 25.3 Å². The van der Waals surface area contributed by atoms with Gasteiger partial charge in [0.15, 0.2) is 0 Å². The average molecular weight is 461 g/mol. The number of alkyl halides is 2. The van der Waals surface area contributed by atoms with Crippen LogP contribution < -0.4 is 4.72 Å². The molecule has 0 spiro atoms. The number of benzene rings is 1. The zero-order valence-corrected chi connectivity index (χ0v) is 20.1. The lowest BCUT2D eigenvalue weighted by molar-refractivity contribution is -0.137. The molecule has 2 rings (SSSR count). The molecule has 1 aromatic rings. The van der Waals surface area contributed by atoms with E-state index in [0.29, 0.717) is 5.56 Å². The van der Waals surface area contributed by atoms with E-state index in [4.69, 9.17) is 9.47 Å². The Morgan fingerprint density at radius 1 is 1.26 bits per heavy atom. The summed E-state index contributed by atoms with van der Waals surface area (Å²) in [5, 5.41) is 0. The summed E-state index contributed by atoms with van der Waals surface area (Å²) in [5.41, 5.74) is -0.446. The van der Waals surface area contributed by atoms with Gasteiger partial charge in [0.1, 0.15) is 11.6 Å². The number of halogens is 2. The van der Waals surface area contributed by atoms with Crippen LogP contribution in [0.25, 0.3) is 0 Å². The summed E-state index contributed by atoms with van der Waals surface area (Å²) in [6.07, 6.45) is -0.785. The van der Waals surface area contributed by atoms with Crippen molar-refractivity contribution in [2.24, 2.45) is 0 Å². The minimum Gasteiger partial charge on any atom is -0.444 e. The van der Waals surface area contributed by atoms with Crippen LogP contribution in [0.1, 0.15) is 65.6 Å². The van der Waals surface area contributed by atoms with Crippen molar-refractivity contribution in [3.05, 3.63) is 35.4 Å². The molecule has 6 nitrogen and oxygen atoms in total. The Morgan fingerprint density at radius 2 is 1.90 bits per heavy atom. The lowest BCUT2D eigenvalue weighted by atomic mass is 9.96. The smallest absolute Gasteiger partial charge is 0.410 e. The zero-order valence-electron chi connectivity index (χ0n) is 19.3. The Morgan fingerprint density at radius 3 is 2.48 bits per heavy atom. The molecule has 1 amide bonds. The van der Waals surface area contributed by atoms with Crippen molar-refractivity contribution in [2.45, 2.75) is 76.8 Å². The first-order valence-corrected chi connectivity index (χ1v) is 11.5. The molecule has 3 atom stereocenters. The van der Waals surface area contributed by atoms with E-state index < -0.39 is 45.4 Å². The predicted octanol–water partition coefficient (Wildman–Crippen LogP) is 4.53. The molecule has 1 N–H and O–H groups in total. The van der Waals surface area contributed by atoms with Crippen molar-refractivity contribution in [1.29, 1.82) is 0 Å². The number of amides is 1. The van der Waals surface area contributed by atoms with Gasteiger partial charge in [-0.3, -0.25) is 4.90 Å². The van der Waals surface area contributed by atoms with E-state index >= 15 is 8.78 Å². The number of hydrogen-bond donors (Lipinski definition) is 1. The highest BCUT2D eigenvalue weighted by Crippen LogP contribution is 2.37. The molecule has 1 saturated heterocycles. The number of nitrogens with zero attached hydrogens (tertiary/aromatic N) is 1. The molecule has 1 aromatic carbocycles. The Balaban J connectivity index is 2.28. The maximum Gasteiger partial charge on any atom is 0.410 e. The van der Waals surface area contributed by atoms with Crippen LogP contribution in [0.3, 0.4) is 0 Å². The van der Waals surface area contributed by atoms with Gasteiger partial charge in [-0.15, -0.1) is 0 Å². The van der Waals surface area contributed by atoms with Gasteiger partial charge in [-0.2, -0.15) is 8.78 Å². The molecule has 0 radical (unpaired) electrons. The summed E-state index contributed by atoms with van der Waals surface area (Å²) in [6.45, 7) is 12.3. The van der Waals surface area contributed by atoms with E-state index in [1.54, 1.807) is 33.8 Å².